The van der Waals surface area contributed by atoms with Crippen LogP contribution in [0.1, 0.15) is 19.3 Å². The SMILES string of the molecule is COCCC1(CNc2nc(N)nc3[nH]ncc23)CC1. The fraction of sp³-hybridized carbons (Fsp3) is 0.583. The minimum atomic E-state index is 0.251. The molecule has 3 rings (SSSR count). The highest BCUT2D eigenvalue weighted by atomic mass is 16.5. The molecule has 0 atom stereocenters. The molecule has 7 nitrogen and oxygen atoms in total. The highest BCUT2D eigenvalue weighted by Crippen LogP contribution is 2.48. The quantitative estimate of drug-likeness (QED) is 0.722. The molecule has 2 heterocycles. The molecule has 0 bridgehead atoms. The van der Waals surface area contributed by atoms with Gasteiger partial charge in [-0.05, 0) is 24.7 Å². The van der Waals surface area contributed by atoms with Crippen LogP contribution >= 0.6 is 0 Å². The van der Waals surface area contributed by atoms with Crippen molar-refractivity contribution in [2.45, 2.75) is 19.3 Å². The van der Waals surface area contributed by atoms with E-state index in [0.717, 1.165) is 30.8 Å². The van der Waals surface area contributed by atoms with Crippen molar-refractivity contribution < 1.29 is 4.74 Å². The first-order valence-electron chi connectivity index (χ1n) is 6.42. The van der Waals surface area contributed by atoms with Crippen LogP contribution in [0, 0.1) is 5.41 Å². The number of aromatic nitrogens is 4. The number of nitrogens with one attached hydrogen (secondary N) is 2. The van der Waals surface area contributed by atoms with Crippen molar-refractivity contribution in [2.24, 2.45) is 5.41 Å². The lowest BCUT2D eigenvalue weighted by molar-refractivity contribution is 0.175. The Labute approximate surface area is 111 Å². The maximum atomic E-state index is 5.69. The summed E-state index contributed by atoms with van der Waals surface area (Å²) in [5.41, 5.74) is 6.71. The number of nitrogens with zero attached hydrogens (tertiary/aromatic N) is 3. The number of ether oxygens (including phenoxy) is 1. The second kappa shape index (κ2) is 4.65. The fourth-order valence-corrected chi connectivity index (χ4v) is 2.27. The summed E-state index contributed by atoms with van der Waals surface area (Å²) in [5, 5.41) is 11.0. The Morgan fingerprint density at radius 1 is 1.47 bits per heavy atom. The Bertz CT molecular complexity index is 577. The van der Waals surface area contributed by atoms with E-state index in [1.807, 2.05) is 0 Å². The highest BCUT2D eigenvalue weighted by molar-refractivity contribution is 5.86. The molecule has 1 aliphatic carbocycles. The van der Waals surface area contributed by atoms with Crippen LogP contribution in [0.2, 0.25) is 0 Å². The molecule has 0 unspecified atom stereocenters. The third kappa shape index (κ3) is 2.46. The van der Waals surface area contributed by atoms with Crippen molar-refractivity contribution >= 4 is 22.8 Å². The zero-order valence-corrected chi connectivity index (χ0v) is 10.9. The van der Waals surface area contributed by atoms with Gasteiger partial charge in [0.2, 0.25) is 5.95 Å². The Morgan fingerprint density at radius 3 is 3.05 bits per heavy atom. The number of nitrogen functional groups attached to an aromatic ring is 1. The van der Waals surface area contributed by atoms with Gasteiger partial charge in [-0.25, -0.2) is 0 Å². The Hall–Kier alpha value is -1.89. The van der Waals surface area contributed by atoms with E-state index in [1.165, 1.54) is 12.8 Å². The van der Waals surface area contributed by atoms with Gasteiger partial charge >= 0.3 is 0 Å². The smallest absolute Gasteiger partial charge is 0.224 e. The molecule has 0 radical (unpaired) electrons. The maximum Gasteiger partial charge on any atom is 0.224 e. The van der Waals surface area contributed by atoms with Crippen molar-refractivity contribution in [3.8, 4) is 0 Å². The van der Waals surface area contributed by atoms with Gasteiger partial charge in [0.25, 0.3) is 0 Å². The van der Waals surface area contributed by atoms with E-state index in [0.29, 0.717) is 11.1 Å². The summed E-state index contributed by atoms with van der Waals surface area (Å²) in [7, 11) is 1.74. The van der Waals surface area contributed by atoms with Gasteiger partial charge in [-0.15, -0.1) is 0 Å². The molecular weight excluding hydrogens is 244 g/mol. The van der Waals surface area contributed by atoms with Gasteiger partial charge < -0.3 is 15.8 Å². The molecule has 2 aromatic heterocycles. The van der Waals surface area contributed by atoms with Gasteiger partial charge in [-0.1, -0.05) is 0 Å². The van der Waals surface area contributed by atoms with Crippen LogP contribution in [0.5, 0.6) is 0 Å². The average Bonchev–Trinajstić information content (AvgIpc) is 3.02. The molecule has 4 N–H and O–H groups in total. The van der Waals surface area contributed by atoms with Crippen molar-refractivity contribution in [1.82, 2.24) is 20.2 Å². The summed E-state index contributed by atoms with van der Waals surface area (Å²) >= 11 is 0. The minimum absolute atomic E-state index is 0.251. The third-order valence-electron chi connectivity index (χ3n) is 3.75. The normalized spacial score (nSPS) is 16.7. The largest absolute Gasteiger partial charge is 0.385 e. The van der Waals surface area contributed by atoms with Crippen LogP contribution < -0.4 is 11.1 Å². The predicted molar refractivity (Wildman–Crippen MR) is 72.7 cm³/mol. The monoisotopic (exact) mass is 262 g/mol. The Kier molecular flexibility index (Phi) is 2.98. The Morgan fingerprint density at radius 2 is 2.32 bits per heavy atom. The van der Waals surface area contributed by atoms with Gasteiger partial charge in [0.1, 0.15) is 5.82 Å². The summed E-state index contributed by atoms with van der Waals surface area (Å²) in [5.74, 6) is 1.00. The first-order chi connectivity index (χ1) is 9.22. The second-order valence-electron chi connectivity index (χ2n) is 5.16. The lowest BCUT2D eigenvalue weighted by atomic mass is 10.0. The molecule has 19 heavy (non-hydrogen) atoms. The molecule has 1 fully saturated rings. The van der Waals surface area contributed by atoms with Gasteiger partial charge in [0.15, 0.2) is 5.65 Å². The summed E-state index contributed by atoms with van der Waals surface area (Å²) in [4.78, 5) is 8.34. The van der Waals surface area contributed by atoms with E-state index < -0.39 is 0 Å². The summed E-state index contributed by atoms with van der Waals surface area (Å²) in [6.45, 7) is 1.68. The molecule has 0 aliphatic heterocycles. The average molecular weight is 262 g/mol. The van der Waals surface area contributed by atoms with Crippen LogP contribution in [0.4, 0.5) is 11.8 Å². The second-order valence-corrected chi connectivity index (χ2v) is 5.16. The molecule has 7 heteroatoms. The lowest BCUT2D eigenvalue weighted by Crippen LogP contribution is -2.18. The van der Waals surface area contributed by atoms with Crippen molar-refractivity contribution in [1.29, 1.82) is 0 Å². The predicted octanol–water partition coefficient (Wildman–Crippen LogP) is 1.16. The summed E-state index contributed by atoms with van der Waals surface area (Å²) < 4.78 is 5.16. The van der Waals surface area contributed by atoms with Gasteiger partial charge in [0.05, 0.1) is 11.6 Å². The lowest BCUT2D eigenvalue weighted by Gasteiger charge is -2.16. The number of anilines is 2. The van der Waals surface area contributed by atoms with E-state index in [-0.39, 0.29) is 5.95 Å². The van der Waals surface area contributed by atoms with Crippen LogP contribution in [0.3, 0.4) is 0 Å². The minimum Gasteiger partial charge on any atom is -0.385 e. The topological polar surface area (TPSA) is 102 Å². The van der Waals surface area contributed by atoms with E-state index in [1.54, 1.807) is 13.3 Å². The van der Waals surface area contributed by atoms with Crippen LogP contribution in [-0.4, -0.2) is 40.4 Å². The van der Waals surface area contributed by atoms with Gasteiger partial charge in [-0.2, -0.15) is 15.1 Å². The van der Waals surface area contributed by atoms with Crippen molar-refractivity contribution in [3.05, 3.63) is 6.20 Å². The molecule has 0 spiro atoms. The first kappa shape index (κ1) is 12.2. The molecule has 102 valence electrons. The molecule has 2 aromatic rings. The van der Waals surface area contributed by atoms with E-state index >= 15 is 0 Å². The summed E-state index contributed by atoms with van der Waals surface area (Å²) in [6.07, 6.45) is 5.26. The maximum absolute atomic E-state index is 5.69. The molecule has 0 amide bonds. The number of methoxy groups -OCH3 is 1. The zero-order chi connectivity index (χ0) is 13.3. The number of nitrogens with two attached hydrogens (primary N) is 1. The van der Waals surface area contributed by atoms with E-state index in [4.69, 9.17) is 10.5 Å². The van der Waals surface area contributed by atoms with Gasteiger partial charge in [0, 0.05) is 20.3 Å². The van der Waals surface area contributed by atoms with Crippen molar-refractivity contribution in [2.75, 3.05) is 31.3 Å². The van der Waals surface area contributed by atoms with E-state index in [9.17, 15) is 0 Å². The molecule has 0 aromatic carbocycles. The standard InChI is InChI=1S/C12H18N6O/c1-19-5-4-12(2-3-12)7-14-9-8-6-15-18-10(8)17-11(13)16-9/h6H,2-5,7H2,1H3,(H4,13,14,15,16,17,18). The number of rotatable bonds is 6. The van der Waals surface area contributed by atoms with Gasteiger partial charge in [-0.3, -0.25) is 5.10 Å². The summed E-state index contributed by atoms with van der Waals surface area (Å²) in [6, 6.07) is 0. The van der Waals surface area contributed by atoms with E-state index in [2.05, 4.69) is 25.5 Å². The number of hydrogen-bond acceptors (Lipinski definition) is 6. The third-order valence-corrected chi connectivity index (χ3v) is 3.75. The van der Waals surface area contributed by atoms with Crippen molar-refractivity contribution in [3.63, 3.8) is 0 Å². The highest BCUT2D eigenvalue weighted by Gasteiger charge is 2.41. The molecular formula is C12H18N6O. The first-order valence-corrected chi connectivity index (χ1v) is 6.42. The van der Waals surface area contributed by atoms with Crippen LogP contribution in [-0.2, 0) is 4.74 Å². The fourth-order valence-electron chi connectivity index (χ4n) is 2.27. The van der Waals surface area contributed by atoms with Crippen LogP contribution in [0.15, 0.2) is 6.20 Å². The number of H-pyrrole nitrogens is 1. The number of hydrogen-bond donors (Lipinski definition) is 3. The number of fused-ring (bicyclic) bond motifs is 1. The zero-order valence-electron chi connectivity index (χ0n) is 10.9. The van der Waals surface area contributed by atoms with Crippen LogP contribution in [0.25, 0.3) is 11.0 Å². The Balaban J connectivity index is 1.73. The number of aromatic amines is 1. The molecule has 1 aliphatic rings. The molecule has 0 saturated heterocycles. The molecule has 1 saturated carbocycles.